The number of likely N-dealkylation sites (N-methyl/N-ethyl adjacent to an activating group) is 1. The summed E-state index contributed by atoms with van der Waals surface area (Å²) in [5.74, 6) is 0.680. The van der Waals surface area contributed by atoms with Crippen molar-refractivity contribution >= 4 is 5.69 Å². The number of benzene rings is 1. The predicted octanol–water partition coefficient (Wildman–Crippen LogP) is 2.39. The number of nitrogens with zero attached hydrogens (tertiary/aromatic N) is 2. The maximum Gasteiger partial charge on any atom is 0.0623 e. The zero-order valence-electron chi connectivity index (χ0n) is 16.8. The average Bonchev–Trinajstić information content (AvgIpc) is 3.19. The van der Waals surface area contributed by atoms with Crippen molar-refractivity contribution in [3.8, 4) is 0 Å². The van der Waals surface area contributed by atoms with Gasteiger partial charge in [-0.15, -0.1) is 0 Å². The fourth-order valence-electron chi connectivity index (χ4n) is 4.95. The van der Waals surface area contributed by atoms with E-state index < -0.39 is 0 Å². The van der Waals surface area contributed by atoms with Crippen molar-refractivity contribution < 1.29 is 4.74 Å². The van der Waals surface area contributed by atoms with Crippen molar-refractivity contribution in [3.63, 3.8) is 0 Å². The third-order valence-corrected chi connectivity index (χ3v) is 6.66. The van der Waals surface area contributed by atoms with Crippen LogP contribution in [-0.2, 0) is 11.3 Å². The summed E-state index contributed by atoms with van der Waals surface area (Å²) in [6.07, 6.45) is 3.90. The number of anilines is 1. The largest absolute Gasteiger partial charge is 0.382 e. The van der Waals surface area contributed by atoms with E-state index >= 15 is 0 Å². The van der Waals surface area contributed by atoms with E-state index in [1.54, 1.807) is 0 Å². The highest BCUT2D eigenvalue weighted by Crippen LogP contribution is 2.32. The molecule has 5 heteroatoms. The van der Waals surface area contributed by atoms with Gasteiger partial charge in [0.2, 0.25) is 0 Å². The molecule has 3 fully saturated rings. The van der Waals surface area contributed by atoms with Crippen LogP contribution in [0.2, 0.25) is 0 Å². The monoisotopic (exact) mass is 372 g/mol. The molecule has 0 aromatic heterocycles. The highest BCUT2D eigenvalue weighted by atomic mass is 16.5. The molecule has 3 atom stereocenters. The molecule has 1 aromatic rings. The molecule has 0 amide bonds. The Morgan fingerprint density at radius 1 is 1.07 bits per heavy atom. The Morgan fingerprint density at radius 3 is 2.56 bits per heavy atom. The first-order valence-corrected chi connectivity index (χ1v) is 10.9. The maximum absolute atomic E-state index is 5.70. The lowest BCUT2D eigenvalue weighted by atomic mass is 9.93. The minimum Gasteiger partial charge on any atom is -0.382 e. The van der Waals surface area contributed by atoms with Crippen LogP contribution in [0.4, 0.5) is 5.69 Å². The molecular formula is C22H36N4O. The Balaban J connectivity index is 1.28. The second-order valence-electron chi connectivity index (χ2n) is 8.39. The Morgan fingerprint density at radius 2 is 1.85 bits per heavy atom. The number of rotatable bonds is 6. The predicted molar refractivity (Wildman–Crippen MR) is 111 cm³/mol. The van der Waals surface area contributed by atoms with Crippen LogP contribution in [0.15, 0.2) is 24.3 Å². The molecule has 1 aromatic carbocycles. The first-order chi connectivity index (χ1) is 13.3. The first-order valence-electron chi connectivity index (χ1n) is 10.9. The van der Waals surface area contributed by atoms with Crippen LogP contribution in [0.3, 0.4) is 0 Å². The van der Waals surface area contributed by atoms with Gasteiger partial charge in [-0.1, -0.05) is 25.5 Å². The molecule has 1 saturated carbocycles. The summed E-state index contributed by atoms with van der Waals surface area (Å²) in [7, 11) is 0. The molecule has 2 aliphatic heterocycles. The van der Waals surface area contributed by atoms with E-state index in [2.05, 4.69) is 51.6 Å². The van der Waals surface area contributed by atoms with E-state index in [-0.39, 0.29) is 0 Å². The van der Waals surface area contributed by atoms with Gasteiger partial charge in [0.15, 0.2) is 0 Å². The number of hydrogen-bond acceptors (Lipinski definition) is 5. The zero-order valence-corrected chi connectivity index (χ0v) is 16.8. The number of morpholine rings is 1. The fourth-order valence-corrected chi connectivity index (χ4v) is 4.95. The van der Waals surface area contributed by atoms with E-state index in [1.807, 2.05) is 0 Å². The first kappa shape index (κ1) is 19.2. The molecule has 2 saturated heterocycles. The zero-order chi connectivity index (χ0) is 18.5. The summed E-state index contributed by atoms with van der Waals surface area (Å²) in [4.78, 5) is 5.12. The van der Waals surface area contributed by atoms with Crippen molar-refractivity contribution in [2.75, 3.05) is 57.8 Å². The molecule has 3 aliphatic rings. The molecule has 0 bridgehead atoms. The van der Waals surface area contributed by atoms with Crippen LogP contribution in [0.5, 0.6) is 0 Å². The standard InChI is InChI=1S/C22H36N4O/c1-2-25-11-13-26(14-12-25)16-18-6-8-19(9-7-18)24-21-5-3-4-20(21)22-17-27-15-10-23-22/h6-9,20-24H,2-5,10-17H2,1H3. The van der Waals surface area contributed by atoms with Gasteiger partial charge >= 0.3 is 0 Å². The van der Waals surface area contributed by atoms with Crippen LogP contribution in [0.25, 0.3) is 0 Å². The van der Waals surface area contributed by atoms with Gasteiger partial charge in [0, 0.05) is 57.0 Å². The molecule has 0 spiro atoms. The van der Waals surface area contributed by atoms with E-state index in [1.165, 1.54) is 63.2 Å². The molecule has 2 N–H and O–H groups in total. The van der Waals surface area contributed by atoms with Crippen LogP contribution >= 0.6 is 0 Å². The molecule has 4 rings (SSSR count). The second kappa shape index (κ2) is 9.37. The van der Waals surface area contributed by atoms with Crippen LogP contribution in [0, 0.1) is 5.92 Å². The third-order valence-electron chi connectivity index (χ3n) is 6.66. The fraction of sp³-hybridized carbons (Fsp3) is 0.727. The molecule has 1 aliphatic carbocycles. The third kappa shape index (κ3) is 5.02. The Hall–Kier alpha value is -1.14. The average molecular weight is 373 g/mol. The minimum absolute atomic E-state index is 0.514. The summed E-state index contributed by atoms with van der Waals surface area (Å²) in [5.41, 5.74) is 2.69. The molecular weight excluding hydrogens is 336 g/mol. The summed E-state index contributed by atoms with van der Waals surface area (Å²) in [6.45, 7) is 12.0. The summed E-state index contributed by atoms with van der Waals surface area (Å²) in [5, 5.41) is 7.48. The van der Waals surface area contributed by atoms with Crippen LogP contribution in [0.1, 0.15) is 31.7 Å². The van der Waals surface area contributed by atoms with Crippen LogP contribution in [-0.4, -0.2) is 74.4 Å². The lowest BCUT2D eigenvalue weighted by molar-refractivity contribution is 0.0559. The molecule has 3 unspecified atom stereocenters. The van der Waals surface area contributed by atoms with Gasteiger partial charge in [-0.25, -0.2) is 0 Å². The van der Waals surface area contributed by atoms with Crippen LogP contribution < -0.4 is 10.6 Å². The van der Waals surface area contributed by atoms with Crippen molar-refractivity contribution in [3.05, 3.63) is 29.8 Å². The maximum atomic E-state index is 5.70. The van der Waals surface area contributed by atoms with Gasteiger partial charge in [0.25, 0.3) is 0 Å². The Labute approximate surface area is 164 Å². The number of nitrogens with one attached hydrogen (secondary N) is 2. The molecule has 2 heterocycles. The van der Waals surface area contributed by atoms with Crippen molar-refractivity contribution in [1.82, 2.24) is 15.1 Å². The van der Waals surface area contributed by atoms with Gasteiger partial charge < -0.3 is 20.3 Å². The van der Waals surface area contributed by atoms with Crippen molar-refractivity contribution in [2.45, 2.75) is 44.8 Å². The van der Waals surface area contributed by atoms with Gasteiger partial charge in [-0.3, -0.25) is 4.90 Å². The SMILES string of the molecule is CCN1CCN(Cc2ccc(NC3CCCC3C3COCCN3)cc2)CC1. The molecule has 5 nitrogen and oxygen atoms in total. The van der Waals surface area contributed by atoms with E-state index in [0.29, 0.717) is 18.0 Å². The van der Waals surface area contributed by atoms with Crippen molar-refractivity contribution in [1.29, 1.82) is 0 Å². The molecule has 150 valence electrons. The normalized spacial score (nSPS) is 30.5. The van der Waals surface area contributed by atoms with Crippen molar-refractivity contribution in [2.24, 2.45) is 5.92 Å². The smallest absolute Gasteiger partial charge is 0.0623 e. The molecule has 27 heavy (non-hydrogen) atoms. The van der Waals surface area contributed by atoms with E-state index in [0.717, 1.165) is 26.3 Å². The molecule has 0 radical (unpaired) electrons. The minimum atomic E-state index is 0.514. The topological polar surface area (TPSA) is 39.8 Å². The quantitative estimate of drug-likeness (QED) is 0.802. The highest BCUT2D eigenvalue weighted by molar-refractivity contribution is 5.46. The lowest BCUT2D eigenvalue weighted by Gasteiger charge is -2.34. The number of hydrogen-bond donors (Lipinski definition) is 2. The van der Waals surface area contributed by atoms with Gasteiger partial charge in [-0.2, -0.15) is 0 Å². The Bertz CT molecular complexity index is 564. The second-order valence-corrected chi connectivity index (χ2v) is 8.39. The number of ether oxygens (including phenoxy) is 1. The summed E-state index contributed by atoms with van der Waals surface area (Å²) < 4.78 is 5.70. The Kier molecular flexibility index (Phi) is 6.66. The van der Waals surface area contributed by atoms with Gasteiger partial charge in [0.05, 0.1) is 13.2 Å². The highest BCUT2D eigenvalue weighted by Gasteiger charge is 2.34. The van der Waals surface area contributed by atoms with E-state index in [9.17, 15) is 0 Å². The van der Waals surface area contributed by atoms with E-state index in [4.69, 9.17) is 4.74 Å². The lowest BCUT2D eigenvalue weighted by Crippen LogP contribution is -2.49. The number of piperazine rings is 1. The summed E-state index contributed by atoms with van der Waals surface area (Å²) >= 11 is 0. The van der Waals surface area contributed by atoms with Gasteiger partial charge in [-0.05, 0) is 43.0 Å². The van der Waals surface area contributed by atoms with Gasteiger partial charge in [0.1, 0.15) is 0 Å². The summed E-state index contributed by atoms with van der Waals surface area (Å²) in [6, 6.07) is 10.2.